The summed E-state index contributed by atoms with van der Waals surface area (Å²) in [6.07, 6.45) is 5.72. The summed E-state index contributed by atoms with van der Waals surface area (Å²) in [5.41, 5.74) is 8.59. The van der Waals surface area contributed by atoms with Crippen molar-refractivity contribution in [1.82, 2.24) is 9.99 Å². The van der Waals surface area contributed by atoms with E-state index in [2.05, 4.69) is 15.4 Å². The number of hydrogen-bond acceptors (Lipinski definition) is 6. The Balaban J connectivity index is 2.02. The van der Waals surface area contributed by atoms with Crippen LogP contribution in [-0.2, 0) is 0 Å². The number of amidine groups is 1. The van der Waals surface area contributed by atoms with Crippen molar-refractivity contribution in [2.24, 2.45) is 16.8 Å². The predicted octanol–water partition coefficient (Wildman–Crippen LogP) is 3.16. The lowest BCUT2D eigenvalue weighted by molar-refractivity contribution is 0.467. The molecule has 9 heteroatoms. The Kier molecular flexibility index (Phi) is 5.89. The number of allylic oxidation sites excluding steroid dienone is 5. The molecule has 29 heavy (non-hydrogen) atoms. The molecule has 0 saturated carbocycles. The second kappa shape index (κ2) is 8.53. The van der Waals surface area contributed by atoms with Crippen molar-refractivity contribution in [2.45, 2.75) is 6.42 Å². The van der Waals surface area contributed by atoms with Crippen molar-refractivity contribution in [3.63, 3.8) is 0 Å². The van der Waals surface area contributed by atoms with Gasteiger partial charge in [-0.15, -0.1) is 0 Å². The van der Waals surface area contributed by atoms with Gasteiger partial charge in [-0.05, 0) is 29.8 Å². The molecule has 0 saturated heterocycles. The number of rotatable bonds is 4. The number of nitrogen functional groups attached to an aromatic ring is 1. The molecule has 150 valence electrons. The van der Waals surface area contributed by atoms with Gasteiger partial charge in [0.25, 0.3) is 0 Å². The van der Waals surface area contributed by atoms with E-state index in [4.69, 9.17) is 17.4 Å². The van der Waals surface area contributed by atoms with Crippen LogP contribution in [0.25, 0.3) is 11.1 Å². The van der Waals surface area contributed by atoms with Crippen LogP contribution in [0.1, 0.15) is 12.0 Å². The Hall–Kier alpha value is -3.72. The number of nitrogens with one attached hydrogen (secondary N) is 1. The summed E-state index contributed by atoms with van der Waals surface area (Å²) in [5.74, 6) is 9.56. The molecule has 7 nitrogen and oxygen atoms in total. The molecule has 2 aromatic rings. The highest BCUT2D eigenvalue weighted by Gasteiger charge is 2.24. The van der Waals surface area contributed by atoms with E-state index in [9.17, 15) is 8.78 Å². The summed E-state index contributed by atoms with van der Waals surface area (Å²) >= 11 is 0. The number of pyridine rings is 1. The van der Waals surface area contributed by atoms with Gasteiger partial charge in [0.1, 0.15) is 11.6 Å². The minimum absolute atomic E-state index is 0.0619. The summed E-state index contributed by atoms with van der Waals surface area (Å²) in [4.78, 5) is 4.18. The van der Waals surface area contributed by atoms with Gasteiger partial charge in [-0.1, -0.05) is 24.3 Å². The van der Waals surface area contributed by atoms with Gasteiger partial charge in [0.15, 0.2) is 11.7 Å². The molecule has 0 unspecified atom stereocenters. The number of benzene rings is 1. The van der Waals surface area contributed by atoms with Crippen molar-refractivity contribution < 1.29 is 8.78 Å². The van der Waals surface area contributed by atoms with E-state index in [1.165, 1.54) is 18.2 Å². The molecule has 1 aromatic heterocycles. The van der Waals surface area contributed by atoms with Crippen molar-refractivity contribution in [2.75, 3.05) is 18.1 Å². The molecule has 0 atom stereocenters. The fraction of sp³-hybridized carbons (Fsp3) is 0.100. The fourth-order valence-corrected chi connectivity index (χ4v) is 2.84. The van der Waals surface area contributed by atoms with Crippen LogP contribution >= 0.6 is 0 Å². The van der Waals surface area contributed by atoms with E-state index in [0.29, 0.717) is 0 Å². The molecule has 0 fully saturated rings. The maximum atomic E-state index is 14.4. The molecule has 0 bridgehead atoms. The van der Waals surface area contributed by atoms with Gasteiger partial charge in [0.2, 0.25) is 0 Å². The number of anilines is 2. The highest BCUT2D eigenvalue weighted by molar-refractivity contribution is 6.04. The van der Waals surface area contributed by atoms with Crippen molar-refractivity contribution in [3.8, 4) is 11.1 Å². The van der Waals surface area contributed by atoms with Crippen LogP contribution < -0.4 is 22.7 Å². The zero-order valence-electron chi connectivity index (χ0n) is 15.7. The van der Waals surface area contributed by atoms with E-state index in [0.717, 1.165) is 21.8 Å². The quantitative estimate of drug-likeness (QED) is 0.272. The summed E-state index contributed by atoms with van der Waals surface area (Å²) in [7, 11) is 1.82. The third-order valence-corrected chi connectivity index (χ3v) is 4.43. The smallest absolute Gasteiger partial charge is 0.180 e. The lowest BCUT2D eigenvalue weighted by atomic mass is 10.0. The van der Waals surface area contributed by atoms with E-state index in [1.54, 1.807) is 12.3 Å². The van der Waals surface area contributed by atoms with Crippen LogP contribution in [0.4, 0.5) is 20.3 Å². The topological polar surface area (TPSA) is 119 Å². The Morgan fingerprint density at radius 3 is 2.59 bits per heavy atom. The molecule has 1 aliphatic rings. The van der Waals surface area contributed by atoms with Crippen LogP contribution in [0.3, 0.4) is 0 Å². The van der Waals surface area contributed by atoms with E-state index in [-0.39, 0.29) is 29.3 Å². The van der Waals surface area contributed by atoms with E-state index < -0.39 is 11.7 Å². The third kappa shape index (κ3) is 4.09. The van der Waals surface area contributed by atoms with Crippen molar-refractivity contribution >= 4 is 17.3 Å². The highest BCUT2D eigenvalue weighted by Crippen LogP contribution is 2.28. The molecular weight excluding hydrogens is 376 g/mol. The molecule has 0 spiro atoms. The zero-order valence-corrected chi connectivity index (χ0v) is 15.7. The molecule has 1 heterocycles. The molecule has 7 N–H and O–H groups in total. The lowest BCUT2D eigenvalue weighted by Crippen LogP contribution is -2.39. The molecule has 0 aliphatic heterocycles. The minimum atomic E-state index is -1.09. The van der Waals surface area contributed by atoms with Crippen LogP contribution in [0.2, 0.25) is 0 Å². The molecule has 1 aromatic carbocycles. The van der Waals surface area contributed by atoms with E-state index >= 15 is 0 Å². The average Bonchev–Trinajstić information content (AvgIpc) is 2.91. The SMILES string of the molecule is CNc1ccc(-c2cnc(N)c(/C(=N/N)N(N)C3=CC=CCC(F)=C3F)c2)cc1. The second-order valence-electron chi connectivity index (χ2n) is 6.21. The number of hydrogen-bond donors (Lipinski definition) is 4. The minimum Gasteiger partial charge on any atom is -0.388 e. The highest BCUT2D eigenvalue weighted by atomic mass is 19.2. The third-order valence-electron chi connectivity index (χ3n) is 4.43. The number of hydrazine groups is 1. The van der Waals surface area contributed by atoms with Gasteiger partial charge in [-0.2, -0.15) is 5.10 Å². The summed E-state index contributed by atoms with van der Waals surface area (Å²) in [6.45, 7) is 0. The van der Waals surface area contributed by atoms with Gasteiger partial charge in [-0.3, -0.25) is 5.01 Å². The van der Waals surface area contributed by atoms with Gasteiger partial charge in [0.05, 0.1) is 11.3 Å². The van der Waals surface area contributed by atoms with E-state index in [1.807, 2.05) is 31.3 Å². The zero-order chi connectivity index (χ0) is 21.0. The fourth-order valence-electron chi connectivity index (χ4n) is 2.84. The van der Waals surface area contributed by atoms with Gasteiger partial charge in [-0.25, -0.2) is 19.6 Å². The molecule has 0 radical (unpaired) electrons. The molecule has 1 aliphatic carbocycles. The van der Waals surface area contributed by atoms with Gasteiger partial charge >= 0.3 is 0 Å². The standard InChI is InChI=1S/C20H21F2N7/c1-26-14-8-6-12(7-9-14)13-10-15(19(23)27-11-13)20(28-24)29(25)17-5-3-2-4-16(21)18(17)22/h2-3,5-11,26H,4,24-25H2,1H3,(H2,23,27)/b28-20-. The first-order valence-electron chi connectivity index (χ1n) is 8.74. The molecule has 3 rings (SSSR count). The summed E-state index contributed by atoms with van der Waals surface area (Å²) in [6, 6.07) is 9.30. The first-order chi connectivity index (χ1) is 14.0. The van der Waals surface area contributed by atoms with Crippen LogP contribution in [0.5, 0.6) is 0 Å². The maximum Gasteiger partial charge on any atom is 0.180 e. The summed E-state index contributed by atoms with van der Waals surface area (Å²) < 4.78 is 28.3. The number of nitrogens with two attached hydrogens (primary N) is 3. The molecular formula is C20H21F2N7. The number of nitrogens with zero attached hydrogens (tertiary/aromatic N) is 3. The largest absolute Gasteiger partial charge is 0.388 e. The predicted molar refractivity (Wildman–Crippen MR) is 111 cm³/mol. The van der Waals surface area contributed by atoms with Crippen molar-refractivity contribution in [1.29, 1.82) is 0 Å². The number of hydrazone groups is 1. The monoisotopic (exact) mass is 397 g/mol. The van der Waals surface area contributed by atoms with Gasteiger partial charge < -0.3 is 16.9 Å². The summed E-state index contributed by atoms with van der Waals surface area (Å²) in [5, 5.41) is 7.55. The first-order valence-corrected chi connectivity index (χ1v) is 8.74. The average molecular weight is 397 g/mol. The number of aromatic nitrogens is 1. The Labute approximate surface area is 166 Å². The Morgan fingerprint density at radius 1 is 1.21 bits per heavy atom. The van der Waals surface area contributed by atoms with Gasteiger partial charge in [0, 0.05) is 30.9 Å². The Bertz CT molecular complexity index is 1020. The first kappa shape index (κ1) is 20.0. The Morgan fingerprint density at radius 2 is 1.93 bits per heavy atom. The molecule has 0 amide bonds. The maximum absolute atomic E-state index is 14.4. The van der Waals surface area contributed by atoms with Crippen LogP contribution in [-0.4, -0.2) is 22.9 Å². The van der Waals surface area contributed by atoms with Crippen LogP contribution in [0.15, 0.2) is 77.2 Å². The second-order valence-corrected chi connectivity index (χ2v) is 6.21. The normalized spacial score (nSPS) is 14.5. The van der Waals surface area contributed by atoms with Crippen molar-refractivity contribution in [3.05, 3.63) is 77.7 Å². The lowest BCUT2D eigenvalue weighted by Gasteiger charge is -2.23. The van der Waals surface area contributed by atoms with Crippen LogP contribution in [0, 0.1) is 0 Å². The number of halogens is 2.